The fourth-order valence-electron chi connectivity index (χ4n) is 2.53. The molecular formula is C17H15N3O4. The molecule has 24 heavy (non-hydrogen) atoms. The van der Waals surface area contributed by atoms with Gasteiger partial charge in [-0.15, -0.1) is 0 Å². The van der Waals surface area contributed by atoms with Crippen LogP contribution in [-0.4, -0.2) is 27.5 Å². The molecule has 7 nitrogen and oxygen atoms in total. The van der Waals surface area contributed by atoms with Crippen LogP contribution in [0.15, 0.2) is 36.7 Å². The number of aryl methyl sites for hydroxylation is 2. The van der Waals surface area contributed by atoms with Gasteiger partial charge in [0.2, 0.25) is 0 Å². The third-order valence-electron chi connectivity index (χ3n) is 4.00. The first kappa shape index (κ1) is 15.7. The Morgan fingerprint density at radius 2 is 1.92 bits per heavy atom. The molecule has 0 spiro atoms. The lowest BCUT2D eigenvalue weighted by Gasteiger charge is -2.07. The van der Waals surface area contributed by atoms with Crippen LogP contribution in [0.25, 0.3) is 11.0 Å². The number of nitrogens with zero attached hydrogens (tertiary/aromatic N) is 3. The summed E-state index contributed by atoms with van der Waals surface area (Å²) in [6.45, 7) is 3.93. The molecule has 3 aromatic rings. The van der Waals surface area contributed by atoms with Gasteiger partial charge >= 0.3 is 5.69 Å². The molecule has 0 radical (unpaired) electrons. The average Bonchev–Trinajstić information content (AvgIpc) is 2.96. The standard InChI is InChI=1S/C17H15N3O4/c1-10-6-13-14(7-11(10)2)19(9-18-13)17(21)12-4-5-16(24-3)15(8-12)20(22)23/h4-9H,1-3H3. The number of carbonyl (C=O) groups excluding carboxylic acids is 1. The molecule has 0 fully saturated rings. The summed E-state index contributed by atoms with van der Waals surface area (Å²) in [5.74, 6) is -0.273. The zero-order valence-corrected chi connectivity index (χ0v) is 13.4. The van der Waals surface area contributed by atoms with Crippen LogP contribution in [-0.2, 0) is 0 Å². The fourth-order valence-corrected chi connectivity index (χ4v) is 2.53. The van der Waals surface area contributed by atoms with Crippen LogP contribution in [0.3, 0.4) is 0 Å². The number of hydrogen-bond acceptors (Lipinski definition) is 5. The molecule has 2 aromatic carbocycles. The highest BCUT2D eigenvalue weighted by Gasteiger charge is 2.20. The smallest absolute Gasteiger partial charge is 0.311 e. The zero-order chi connectivity index (χ0) is 17.4. The van der Waals surface area contributed by atoms with Gasteiger partial charge in [0.25, 0.3) is 5.91 Å². The zero-order valence-electron chi connectivity index (χ0n) is 13.4. The molecule has 0 saturated heterocycles. The van der Waals surface area contributed by atoms with E-state index < -0.39 is 4.92 Å². The van der Waals surface area contributed by atoms with E-state index in [4.69, 9.17) is 4.74 Å². The summed E-state index contributed by atoms with van der Waals surface area (Å²) in [5, 5.41) is 11.1. The third-order valence-corrected chi connectivity index (χ3v) is 4.00. The summed E-state index contributed by atoms with van der Waals surface area (Å²) < 4.78 is 6.36. The summed E-state index contributed by atoms with van der Waals surface area (Å²) in [4.78, 5) is 27.6. The SMILES string of the molecule is COc1ccc(C(=O)n2cnc3cc(C)c(C)cc32)cc1[N+](=O)[O-]. The van der Waals surface area contributed by atoms with Crippen LogP contribution in [0.2, 0.25) is 0 Å². The van der Waals surface area contributed by atoms with Crippen molar-refractivity contribution in [3.8, 4) is 5.75 Å². The lowest BCUT2D eigenvalue weighted by Crippen LogP contribution is -2.11. The van der Waals surface area contributed by atoms with Gasteiger partial charge < -0.3 is 4.74 Å². The van der Waals surface area contributed by atoms with Gasteiger partial charge in [-0.25, -0.2) is 4.98 Å². The number of rotatable bonds is 3. The highest BCUT2D eigenvalue weighted by Crippen LogP contribution is 2.28. The molecule has 0 aliphatic carbocycles. The van der Waals surface area contributed by atoms with Crippen molar-refractivity contribution in [2.45, 2.75) is 13.8 Å². The van der Waals surface area contributed by atoms with Crippen LogP contribution in [0, 0.1) is 24.0 Å². The lowest BCUT2D eigenvalue weighted by molar-refractivity contribution is -0.385. The van der Waals surface area contributed by atoms with Crippen molar-refractivity contribution >= 4 is 22.6 Å². The highest BCUT2D eigenvalue weighted by atomic mass is 16.6. The summed E-state index contributed by atoms with van der Waals surface area (Å²) in [6.07, 6.45) is 1.43. The molecule has 7 heteroatoms. The van der Waals surface area contributed by atoms with Crippen molar-refractivity contribution in [2.75, 3.05) is 7.11 Å². The van der Waals surface area contributed by atoms with Crippen molar-refractivity contribution < 1.29 is 14.5 Å². The summed E-state index contributed by atoms with van der Waals surface area (Å²) in [5.41, 5.74) is 3.44. The van der Waals surface area contributed by atoms with Crippen LogP contribution in [0.4, 0.5) is 5.69 Å². The van der Waals surface area contributed by atoms with E-state index in [1.807, 2.05) is 26.0 Å². The number of benzene rings is 2. The van der Waals surface area contributed by atoms with Crippen molar-refractivity contribution in [2.24, 2.45) is 0 Å². The number of carbonyl (C=O) groups is 1. The number of nitro benzene ring substituents is 1. The Morgan fingerprint density at radius 1 is 1.21 bits per heavy atom. The van der Waals surface area contributed by atoms with Gasteiger partial charge in [0.15, 0.2) is 5.75 Å². The molecule has 0 saturated carbocycles. The Morgan fingerprint density at radius 3 is 2.58 bits per heavy atom. The number of hydrogen-bond donors (Lipinski definition) is 0. The molecule has 0 amide bonds. The second-order valence-electron chi connectivity index (χ2n) is 5.49. The number of aromatic nitrogens is 2. The van der Waals surface area contributed by atoms with Crippen molar-refractivity contribution in [3.63, 3.8) is 0 Å². The maximum atomic E-state index is 12.8. The normalized spacial score (nSPS) is 10.8. The Labute approximate surface area is 137 Å². The molecule has 0 bridgehead atoms. The van der Waals surface area contributed by atoms with Crippen LogP contribution in [0.1, 0.15) is 21.5 Å². The molecule has 0 unspecified atom stereocenters. The Kier molecular flexibility index (Phi) is 3.76. The number of ether oxygens (including phenoxy) is 1. The Bertz CT molecular complexity index is 975. The first-order valence-corrected chi connectivity index (χ1v) is 7.24. The molecule has 3 rings (SSSR count). The summed E-state index contributed by atoms with van der Waals surface area (Å²) in [7, 11) is 1.35. The monoisotopic (exact) mass is 325 g/mol. The number of nitro groups is 1. The molecular weight excluding hydrogens is 310 g/mol. The first-order valence-electron chi connectivity index (χ1n) is 7.24. The van der Waals surface area contributed by atoms with Gasteiger partial charge in [-0.05, 0) is 49.2 Å². The maximum absolute atomic E-state index is 12.8. The number of fused-ring (bicyclic) bond motifs is 1. The van der Waals surface area contributed by atoms with E-state index in [-0.39, 0.29) is 22.9 Å². The maximum Gasteiger partial charge on any atom is 0.311 e. The average molecular weight is 325 g/mol. The quantitative estimate of drug-likeness (QED) is 0.545. The second kappa shape index (κ2) is 5.77. The Hall–Kier alpha value is -3.22. The summed E-state index contributed by atoms with van der Waals surface area (Å²) in [6, 6.07) is 7.92. The van der Waals surface area contributed by atoms with E-state index in [0.717, 1.165) is 11.1 Å². The van der Waals surface area contributed by atoms with Gasteiger partial charge in [-0.1, -0.05) is 0 Å². The van der Waals surface area contributed by atoms with Crippen molar-refractivity contribution in [1.29, 1.82) is 0 Å². The van der Waals surface area contributed by atoms with Gasteiger partial charge in [-0.2, -0.15) is 0 Å². The number of imidazole rings is 1. The molecule has 0 aliphatic rings. The highest BCUT2D eigenvalue weighted by molar-refractivity contribution is 6.01. The predicted octanol–water partition coefficient (Wildman–Crippen LogP) is 3.26. The lowest BCUT2D eigenvalue weighted by atomic mass is 10.1. The molecule has 122 valence electrons. The van der Waals surface area contributed by atoms with Crippen LogP contribution in [0.5, 0.6) is 5.75 Å². The topological polar surface area (TPSA) is 87.3 Å². The van der Waals surface area contributed by atoms with Gasteiger partial charge in [0.1, 0.15) is 6.33 Å². The van der Waals surface area contributed by atoms with E-state index in [1.165, 1.54) is 36.2 Å². The minimum atomic E-state index is -0.574. The molecule has 0 N–H and O–H groups in total. The van der Waals surface area contributed by atoms with Crippen molar-refractivity contribution in [3.05, 3.63) is 63.5 Å². The van der Waals surface area contributed by atoms with E-state index in [9.17, 15) is 14.9 Å². The molecule has 0 atom stereocenters. The predicted molar refractivity (Wildman–Crippen MR) is 88.6 cm³/mol. The van der Waals surface area contributed by atoms with Crippen LogP contribution < -0.4 is 4.74 Å². The largest absolute Gasteiger partial charge is 0.490 e. The number of methoxy groups -OCH3 is 1. The molecule has 1 heterocycles. The van der Waals surface area contributed by atoms with Gasteiger partial charge in [0, 0.05) is 11.6 Å². The molecule has 1 aromatic heterocycles. The van der Waals surface area contributed by atoms with Crippen molar-refractivity contribution in [1.82, 2.24) is 9.55 Å². The minimum absolute atomic E-state index is 0.110. The van der Waals surface area contributed by atoms with Gasteiger partial charge in [0.05, 0.1) is 23.1 Å². The summed E-state index contributed by atoms with van der Waals surface area (Å²) >= 11 is 0. The van der Waals surface area contributed by atoms with E-state index in [1.54, 1.807) is 0 Å². The third kappa shape index (κ3) is 2.50. The van der Waals surface area contributed by atoms with E-state index in [0.29, 0.717) is 11.0 Å². The first-order chi connectivity index (χ1) is 11.4. The minimum Gasteiger partial charge on any atom is -0.490 e. The Balaban J connectivity index is 2.11. The van der Waals surface area contributed by atoms with Crippen LogP contribution >= 0.6 is 0 Å². The van der Waals surface area contributed by atoms with E-state index >= 15 is 0 Å². The van der Waals surface area contributed by atoms with Gasteiger partial charge in [-0.3, -0.25) is 19.5 Å². The fraction of sp³-hybridized carbons (Fsp3) is 0.176. The second-order valence-corrected chi connectivity index (χ2v) is 5.49. The molecule has 0 aliphatic heterocycles. The van der Waals surface area contributed by atoms with E-state index in [2.05, 4.69) is 4.98 Å².